The van der Waals surface area contributed by atoms with Crippen molar-refractivity contribution in [3.63, 3.8) is 0 Å². The van der Waals surface area contributed by atoms with E-state index in [0.29, 0.717) is 24.2 Å². The summed E-state index contributed by atoms with van der Waals surface area (Å²) in [7, 11) is 1.27. The lowest BCUT2D eigenvalue weighted by molar-refractivity contribution is -0.152. The van der Waals surface area contributed by atoms with Gasteiger partial charge in [-0.05, 0) is 80.6 Å². The van der Waals surface area contributed by atoms with Crippen LogP contribution < -0.4 is 0 Å². The number of methoxy groups -OCH3 is 1. The van der Waals surface area contributed by atoms with Crippen LogP contribution in [-0.4, -0.2) is 70.7 Å². The Balaban J connectivity index is 1.24. The lowest BCUT2D eigenvalue weighted by Crippen LogP contribution is -2.54. The van der Waals surface area contributed by atoms with Crippen LogP contribution in [0.2, 0.25) is 0 Å². The van der Waals surface area contributed by atoms with Crippen LogP contribution >= 0.6 is 0 Å². The summed E-state index contributed by atoms with van der Waals surface area (Å²) in [5.41, 5.74) is 1.18. The molecule has 0 bridgehead atoms. The zero-order valence-electron chi connectivity index (χ0n) is 22.2. The normalized spacial score (nSPS) is 43.8. The number of rotatable bonds is 4. The highest BCUT2D eigenvalue weighted by Gasteiger charge is 2.63. The Kier molecular flexibility index (Phi) is 6.69. The van der Waals surface area contributed by atoms with Crippen LogP contribution in [-0.2, 0) is 19.2 Å². The van der Waals surface area contributed by atoms with E-state index in [1.807, 2.05) is 0 Å². The molecule has 8 heteroatoms. The highest BCUT2D eigenvalue weighted by Crippen LogP contribution is 2.67. The number of β-amino-alcohol motifs (C(OH)–C–C–N with tert-alkyl or cyclic N) is 1. The average molecular weight is 513 g/mol. The van der Waals surface area contributed by atoms with Crippen LogP contribution in [0.5, 0.6) is 0 Å². The molecule has 1 amide bonds. The van der Waals surface area contributed by atoms with Crippen molar-refractivity contribution in [2.75, 3.05) is 20.3 Å². The molecule has 0 aromatic rings. The minimum atomic E-state index is -0.981. The summed E-state index contributed by atoms with van der Waals surface area (Å²) >= 11 is 0. The van der Waals surface area contributed by atoms with Crippen molar-refractivity contribution in [3.8, 4) is 12.3 Å². The summed E-state index contributed by atoms with van der Waals surface area (Å²) in [5, 5.41) is 25.4. The van der Waals surface area contributed by atoms with Gasteiger partial charge in [-0.3, -0.25) is 4.79 Å². The quantitative estimate of drug-likeness (QED) is 0.341. The fraction of sp³-hybridized carbons (Fsp3) is 0.759. The minimum Gasteiger partial charge on any atom is -0.467 e. The predicted octanol–water partition coefficient (Wildman–Crippen LogP) is 2.82. The van der Waals surface area contributed by atoms with E-state index in [1.54, 1.807) is 0 Å². The van der Waals surface area contributed by atoms with Gasteiger partial charge in [-0.15, -0.1) is 6.42 Å². The van der Waals surface area contributed by atoms with Crippen LogP contribution in [0.3, 0.4) is 0 Å². The lowest BCUT2D eigenvalue weighted by Gasteiger charge is -2.58. The molecule has 5 aliphatic rings. The Morgan fingerprint density at radius 3 is 2.68 bits per heavy atom. The first kappa shape index (κ1) is 26.2. The molecule has 202 valence electrons. The van der Waals surface area contributed by atoms with Gasteiger partial charge in [0, 0.05) is 18.4 Å². The van der Waals surface area contributed by atoms with Crippen molar-refractivity contribution in [2.45, 2.75) is 89.4 Å². The van der Waals surface area contributed by atoms with Crippen molar-refractivity contribution in [2.24, 2.45) is 33.7 Å². The van der Waals surface area contributed by atoms with Crippen molar-refractivity contribution in [3.05, 3.63) is 11.6 Å². The Labute approximate surface area is 219 Å². The third kappa shape index (κ3) is 4.10. The van der Waals surface area contributed by atoms with Crippen LogP contribution in [0.1, 0.15) is 71.6 Å². The van der Waals surface area contributed by atoms with Gasteiger partial charge in [0.2, 0.25) is 0 Å². The molecule has 4 fully saturated rings. The number of hydrogen-bond donors (Lipinski definition) is 2. The molecule has 8 atom stereocenters. The number of aliphatic hydroxyl groups excluding tert-OH is 1. The first-order valence-corrected chi connectivity index (χ1v) is 13.7. The molecule has 5 rings (SSSR count). The number of carbonyl (C=O) groups is 2. The zero-order valence-corrected chi connectivity index (χ0v) is 22.2. The molecule has 0 aromatic heterocycles. The van der Waals surface area contributed by atoms with E-state index < -0.39 is 23.7 Å². The SMILES string of the molecule is C#C[C@@]1(O)CC[C@@H]2[C@@H]3CCC4=C/C(=N\OCC(=O)N5C[C@@H](O)C[C@H]5C(=O)OC)CC[C@]4(C)[C@H]3CC[C@@]21C. The number of amides is 1. The molecule has 1 saturated heterocycles. The summed E-state index contributed by atoms with van der Waals surface area (Å²) in [5.74, 6) is 3.45. The third-order valence-electron chi connectivity index (χ3n) is 10.8. The number of esters is 1. The van der Waals surface area contributed by atoms with E-state index in [0.717, 1.165) is 50.7 Å². The minimum absolute atomic E-state index is 0.0856. The number of fused-ring (bicyclic) bond motifs is 5. The summed E-state index contributed by atoms with van der Waals surface area (Å²) in [6.07, 6.45) is 15.0. The summed E-state index contributed by atoms with van der Waals surface area (Å²) in [6.45, 7) is 4.41. The molecule has 0 aromatic carbocycles. The maximum Gasteiger partial charge on any atom is 0.328 e. The fourth-order valence-corrected chi connectivity index (χ4v) is 8.60. The molecule has 4 aliphatic carbocycles. The number of ether oxygens (including phenoxy) is 1. The van der Waals surface area contributed by atoms with Gasteiger partial charge >= 0.3 is 5.97 Å². The number of hydrogen-bond acceptors (Lipinski definition) is 7. The topological polar surface area (TPSA) is 109 Å². The molecule has 3 saturated carbocycles. The molecule has 0 unspecified atom stereocenters. The van der Waals surface area contributed by atoms with Gasteiger partial charge < -0.3 is 24.7 Å². The number of carbonyl (C=O) groups excluding carboxylic acids is 2. The van der Waals surface area contributed by atoms with Gasteiger partial charge in [-0.2, -0.15) is 0 Å². The molecule has 1 heterocycles. The van der Waals surface area contributed by atoms with E-state index in [-0.39, 0.29) is 36.3 Å². The van der Waals surface area contributed by atoms with Crippen molar-refractivity contribution in [1.29, 1.82) is 0 Å². The summed E-state index contributed by atoms with van der Waals surface area (Å²) in [6, 6.07) is -0.787. The standard InChI is InChI=1S/C29H40N2O6/c1-5-29(35)13-10-23-21-7-6-18-14-19(8-11-27(18,2)22(21)9-12-28(23,29)3)30-37-17-25(33)31-16-20(32)15-24(31)26(34)36-4/h1,14,20-24,32,35H,6-13,15-17H2,2-4H3/b30-19-/t20-,21+,22-,23+,24-,27-,28-,29+/m0/s1. The zero-order chi connectivity index (χ0) is 26.6. The van der Waals surface area contributed by atoms with E-state index in [2.05, 4.69) is 31.0 Å². The fourth-order valence-electron chi connectivity index (χ4n) is 8.60. The Morgan fingerprint density at radius 2 is 1.95 bits per heavy atom. The van der Waals surface area contributed by atoms with Crippen LogP contribution in [0, 0.1) is 40.9 Å². The Morgan fingerprint density at radius 1 is 1.19 bits per heavy atom. The van der Waals surface area contributed by atoms with Gasteiger partial charge in [-0.1, -0.05) is 30.5 Å². The molecule has 37 heavy (non-hydrogen) atoms. The second kappa shape index (κ2) is 9.43. The molecule has 2 N–H and O–H groups in total. The molecule has 0 radical (unpaired) electrons. The van der Waals surface area contributed by atoms with Gasteiger partial charge in [0.1, 0.15) is 11.6 Å². The smallest absolute Gasteiger partial charge is 0.328 e. The molecule has 8 nitrogen and oxygen atoms in total. The van der Waals surface area contributed by atoms with Gasteiger partial charge in [0.05, 0.1) is 18.9 Å². The molecular weight excluding hydrogens is 472 g/mol. The largest absolute Gasteiger partial charge is 0.467 e. The van der Waals surface area contributed by atoms with Crippen molar-refractivity contribution < 1.29 is 29.4 Å². The third-order valence-corrected chi connectivity index (χ3v) is 10.8. The van der Waals surface area contributed by atoms with Crippen molar-refractivity contribution in [1.82, 2.24) is 4.90 Å². The number of nitrogens with zero attached hydrogens (tertiary/aromatic N) is 2. The van der Waals surface area contributed by atoms with E-state index >= 15 is 0 Å². The average Bonchev–Trinajstić information content (AvgIpc) is 3.41. The predicted molar refractivity (Wildman–Crippen MR) is 137 cm³/mol. The number of likely N-dealkylation sites (tertiary alicyclic amines) is 1. The first-order valence-electron chi connectivity index (χ1n) is 13.7. The Bertz CT molecular complexity index is 1060. The maximum absolute atomic E-state index is 12.7. The molecule has 1 aliphatic heterocycles. The maximum atomic E-state index is 12.7. The summed E-state index contributed by atoms with van der Waals surface area (Å²) in [4.78, 5) is 31.4. The number of terminal acetylenes is 1. The van der Waals surface area contributed by atoms with E-state index in [1.165, 1.54) is 17.6 Å². The van der Waals surface area contributed by atoms with Crippen LogP contribution in [0.4, 0.5) is 0 Å². The monoisotopic (exact) mass is 512 g/mol. The number of allylic oxidation sites excluding steroid dienone is 2. The number of oxime groups is 1. The lowest BCUT2D eigenvalue weighted by atomic mass is 9.46. The highest BCUT2D eigenvalue weighted by molar-refractivity contribution is 5.96. The second-order valence-electron chi connectivity index (χ2n) is 12.3. The Hall–Kier alpha value is -2.37. The van der Waals surface area contributed by atoms with Crippen molar-refractivity contribution >= 4 is 17.6 Å². The van der Waals surface area contributed by atoms with E-state index in [4.69, 9.17) is 16.0 Å². The second-order valence-corrected chi connectivity index (χ2v) is 12.3. The summed E-state index contributed by atoms with van der Waals surface area (Å²) < 4.78 is 4.76. The van der Waals surface area contributed by atoms with Crippen LogP contribution in [0.25, 0.3) is 0 Å². The van der Waals surface area contributed by atoms with Gasteiger partial charge in [0.25, 0.3) is 5.91 Å². The van der Waals surface area contributed by atoms with Crippen LogP contribution in [0.15, 0.2) is 16.8 Å². The molecule has 0 spiro atoms. The molecular formula is C29H40N2O6. The van der Waals surface area contributed by atoms with E-state index in [9.17, 15) is 19.8 Å². The number of aliphatic hydroxyl groups is 2. The highest BCUT2D eigenvalue weighted by atomic mass is 16.6. The first-order chi connectivity index (χ1) is 17.6. The van der Waals surface area contributed by atoms with Gasteiger partial charge in [0.15, 0.2) is 6.61 Å². The van der Waals surface area contributed by atoms with Gasteiger partial charge in [-0.25, -0.2) is 4.79 Å².